The lowest BCUT2D eigenvalue weighted by atomic mass is 9.87. The molecule has 0 N–H and O–H groups in total. The first-order chi connectivity index (χ1) is 19.6. The van der Waals surface area contributed by atoms with Crippen molar-refractivity contribution in [3.05, 3.63) is 12.2 Å². The Kier molecular flexibility index (Phi) is 15.8. The van der Waals surface area contributed by atoms with Gasteiger partial charge in [-0.3, -0.25) is 14.4 Å². The Morgan fingerprint density at radius 1 is 0.953 bits per heavy atom. The van der Waals surface area contributed by atoms with Gasteiger partial charge in [0, 0.05) is 37.5 Å². The third-order valence-electron chi connectivity index (χ3n) is 10.2. The van der Waals surface area contributed by atoms with Crippen molar-refractivity contribution < 1.29 is 28.0 Å². The number of ketones is 2. The van der Waals surface area contributed by atoms with Gasteiger partial charge in [0.15, 0.2) is 16.6 Å². The molecule has 0 amide bonds. The van der Waals surface area contributed by atoms with Gasteiger partial charge in [-0.2, -0.15) is 0 Å². The Hall–Kier alpha value is -1.10. The van der Waals surface area contributed by atoms with Crippen LogP contribution in [0.3, 0.4) is 0 Å². The lowest BCUT2D eigenvalue weighted by molar-refractivity contribution is -0.140. The maximum absolute atomic E-state index is 13.5. The number of carbonyl (C=O) groups is 3. The Labute approximate surface area is 266 Å². The van der Waals surface area contributed by atoms with Crippen molar-refractivity contribution in [1.29, 1.82) is 0 Å². The van der Waals surface area contributed by atoms with Crippen LogP contribution in [0.25, 0.3) is 0 Å². The van der Waals surface area contributed by atoms with E-state index in [9.17, 15) is 14.4 Å². The second kappa shape index (κ2) is 17.0. The first kappa shape index (κ1) is 39.9. The van der Waals surface area contributed by atoms with E-state index in [2.05, 4.69) is 93.7 Å². The SMILES string of the molecule is CCCC[C@H](C)CC(/C=C/[C@H]1C(O[Si](C)(C)C(C)(C)C)CC(=O)[C@@H]1CC(=O)CCCCC(=O)OC)O[Si](C)(C)C(C)(C)C. The molecule has 1 aliphatic rings. The molecule has 1 saturated carbocycles. The van der Waals surface area contributed by atoms with E-state index in [0.717, 1.165) is 6.42 Å². The van der Waals surface area contributed by atoms with Crippen LogP contribution in [0.1, 0.15) is 120 Å². The number of methoxy groups -OCH3 is 1. The van der Waals surface area contributed by atoms with Gasteiger partial charge in [-0.25, -0.2) is 0 Å². The molecular formula is C35H66O6Si2. The molecule has 0 bridgehead atoms. The Bertz CT molecular complexity index is 928. The van der Waals surface area contributed by atoms with Crippen LogP contribution in [-0.4, -0.2) is 53.5 Å². The molecule has 8 heteroatoms. The van der Waals surface area contributed by atoms with Crippen molar-refractivity contribution in [1.82, 2.24) is 0 Å². The average Bonchev–Trinajstić information content (AvgIpc) is 3.14. The first-order valence-electron chi connectivity index (χ1n) is 16.8. The predicted octanol–water partition coefficient (Wildman–Crippen LogP) is 9.44. The molecule has 5 atom stereocenters. The number of Topliss-reactive ketones (excluding diaryl/α,β-unsaturated/α-hetero) is 2. The van der Waals surface area contributed by atoms with Gasteiger partial charge >= 0.3 is 5.97 Å². The van der Waals surface area contributed by atoms with Crippen LogP contribution < -0.4 is 0 Å². The summed E-state index contributed by atoms with van der Waals surface area (Å²) in [6, 6.07) is 0. The van der Waals surface area contributed by atoms with Crippen LogP contribution >= 0.6 is 0 Å². The fourth-order valence-electron chi connectivity index (χ4n) is 5.22. The lowest BCUT2D eigenvalue weighted by Gasteiger charge is -2.40. The van der Waals surface area contributed by atoms with Crippen LogP contribution in [-0.2, 0) is 28.0 Å². The van der Waals surface area contributed by atoms with Crippen molar-refractivity contribution >= 4 is 34.2 Å². The normalized spacial score (nSPS) is 21.8. The second-order valence-electron chi connectivity index (χ2n) is 16.1. The molecule has 1 aliphatic carbocycles. The molecule has 0 spiro atoms. The highest BCUT2D eigenvalue weighted by molar-refractivity contribution is 6.74. The molecule has 0 radical (unpaired) electrons. The summed E-state index contributed by atoms with van der Waals surface area (Å²) < 4.78 is 18.6. The number of hydrogen-bond donors (Lipinski definition) is 0. The Balaban J connectivity index is 3.31. The summed E-state index contributed by atoms with van der Waals surface area (Å²) in [5.74, 6) is -0.0579. The molecule has 6 nitrogen and oxygen atoms in total. The van der Waals surface area contributed by atoms with Crippen LogP contribution in [0.2, 0.25) is 36.3 Å². The molecule has 1 rings (SSSR count). The van der Waals surface area contributed by atoms with Gasteiger partial charge in [0.25, 0.3) is 0 Å². The van der Waals surface area contributed by atoms with E-state index in [1.165, 1.54) is 26.4 Å². The van der Waals surface area contributed by atoms with Gasteiger partial charge in [0.1, 0.15) is 11.6 Å². The monoisotopic (exact) mass is 638 g/mol. The summed E-state index contributed by atoms with van der Waals surface area (Å²) in [7, 11) is -2.81. The molecule has 0 aliphatic heterocycles. The van der Waals surface area contributed by atoms with E-state index in [1.54, 1.807) is 0 Å². The highest BCUT2D eigenvalue weighted by atomic mass is 28.4. The summed E-state index contributed by atoms with van der Waals surface area (Å²) in [6.07, 6.45) is 11.1. The Morgan fingerprint density at radius 3 is 2.07 bits per heavy atom. The zero-order valence-electron chi connectivity index (χ0n) is 30.1. The second-order valence-corrected chi connectivity index (χ2v) is 25.6. The van der Waals surface area contributed by atoms with Crippen molar-refractivity contribution in [2.24, 2.45) is 17.8 Å². The number of unbranched alkanes of at least 4 members (excludes halogenated alkanes) is 2. The number of hydrogen-bond acceptors (Lipinski definition) is 6. The quantitative estimate of drug-likeness (QED) is 0.0644. The van der Waals surface area contributed by atoms with Gasteiger partial charge in [-0.15, -0.1) is 0 Å². The topological polar surface area (TPSA) is 78.9 Å². The smallest absolute Gasteiger partial charge is 0.305 e. The number of rotatable bonds is 18. The van der Waals surface area contributed by atoms with E-state index in [4.69, 9.17) is 13.6 Å². The maximum Gasteiger partial charge on any atom is 0.305 e. The molecular weight excluding hydrogens is 573 g/mol. The molecule has 2 unspecified atom stereocenters. The van der Waals surface area contributed by atoms with Gasteiger partial charge in [-0.1, -0.05) is 86.8 Å². The minimum Gasteiger partial charge on any atom is -0.469 e. The summed E-state index contributed by atoms with van der Waals surface area (Å²) >= 11 is 0. The van der Waals surface area contributed by atoms with Crippen LogP contribution in [0.15, 0.2) is 12.2 Å². The van der Waals surface area contributed by atoms with E-state index >= 15 is 0 Å². The highest BCUT2D eigenvalue weighted by Crippen LogP contribution is 2.43. The average molecular weight is 639 g/mol. The number of ether oxygens (including phenoxy) is 1. The van der Waals surface area contributed by atoms with Gasteiger partial charge in [-0.05, 0) is 61.4 Å². The largest absolute Gasteiger partial charge is 0.469 e. The van der Waals surface area contributed by atoms with E-state index in [0.29, 0.717) is 38.0 Å². The molecule has 43 heavy (non-hydrogen) atoms. The first-order valence-corrected chi connectivity index (χ1v) is 22.6. The zero-order valence-corrected chi connectivity index (χ0v) is 32.1. The van der Waals surface area contributed by atoms with Crippen molar-refractivity contribution in [2.75, 3.05) is 7.11 Å². The van der Waals surface area contributed by atoms with Crippen molar-refractivity contribution in [3.63, 3.8) is 0 Å². The van der Waals surface area contributed by atoms with Crippen LogP contribution in [0.4, 0.5) is 0 Å². The molecule has 0 aromatic heterocycles. The molecule has 1 fully saturated rings. The minimum atomic E-state index is -2.15. The van der Waals surface area contributed by atoms with Crippen LogP contribution in [0, 0.1) is 17.8 Å². The molecule has 0 heterocycles. The van der Waals surface area contributed by atoms with Gasteiger partial charge in [0.05, 0.1) is 19.3 Å². The maximum atomic E-state index is 13.5. The van der Waals surface area contributed by atoms with E-state index in [-0.39, 0.29) is 58.1 Å². The predicted molar refractivity (Wildman–Crippen MR) is 183 cm³/mol. The van der Waals surface area contributed by atoms with Crippen molar-refractivity contribution in [2.45, 2.75) is 168 Å². The zero-order chi connectivity index (χ0) is 33.2. The van der Waals surface area contributed by atoms with E-state index < -0.39 is 16.6 Å². The standard InChI is InChI=1S/C35H66O6Si2/c1-14-15-18-26(2)23-28(40-42(10,11)34(3,4)5)21-22-29-30(24-27(36)19-16-17-20-33(38)39-9)31(37)25-32(29)41-43(12,13)35(6,7)8/h21-22,26,28-30,32H,14-20,23-25H2,1-13H3/b22-21+/t26-,28?,29+,30+,32?/m0/s1. The third kappa shape index (κ3) is 13.0. The molecule has 0 saturated heterocycles. The van der Waals surface area contributed by atoms with Crippen molar-refractivity contribution in [3.8, 4) is 0 Å². The highest BCUT2D eigenvalue weighted by Gasteiger charge is 2.48. The lowest BCUT2D eigenvalue weighted by Crippen LogP contribution is -2.45. The van der Waals surface area contributed by atoms with E-state index in [1.807, 2.05) is 0 Å². The van der Waals surface area contributed by atoms with Gasteiger partial charge < -0.3 is 13.6 Å². The fourth-order valence-corrected chi connectivity index (χ4v) is 7.86. The third-order valence-corrected chi connectivity index (χ3v) is 19.2. The number of carbonyl (C=O) groups excluding carboxylic acids is 3. The molecule has 0 aromatic carbocycles. The van der Waals surface area contributed by atoms with Gasteiger partial charge in [0.2, 0.25) is 0 Å². The summed E-state index contributed by atoms with van der Waals surface area (Å²) in [5, 5.41) is 0.104. The summed E-state index contributed by atoms with van der Waals surface area (Å²) in [5.41, 5.74) is 0. The fraction of sp³-hybridized carbons (Fsp3) is 0.857. The molecule has 0 aromatic rings. The van der Waals surface area contributed by atoms with Crippen LogP contribution in [0.5, 0.6) is 0 Å². The minimum absolute atomic E-state index is 0.0144. The summed E-state index contributed by atoms with van der Waals surface area (Å²) in [4.78, 5) is 38.0. The molecule has 250 valence electrons. The Morgan fingerprint density at radius 2 is 1.53 bits per heavy atom. The summed E-state index contributed by atoms with van der Waals surface area (Å²) in [6.45, 7) is 27.1. The number of esters is 1.